The number of hydrogen-bond acceptors (Lipinski definition) is 5. The van der Waals surface area contributed by atoms with Crippen molar-refractivity contribution in [3.8, 4) is 5.75 Å². The standard InChI is InChI=1S/C17H16Cl2N4O2/c18-11-5-12(15(24)13(19)6-11)16(25)22-14-9-4-10(14)8-23(7-9)17-20-2-1-3-21-17/h1-3,5-6,9-10,14,24H,4,7-8H2,(H,22,25). The lowest BCUT2D eigenvalue weighted by Crippen LogP contribution is -2.64. The lowest BCUT2D eigenvalue weighted by Gasteiger charge is -2.53. The lowest BCUT2D eigenvalue weighted by atomic mass is 9.66. The van der Waals surface area contributed by atoms with Crippen molar-refractivity contribution < 1.29 is 9.90 Å². The minimum atomic E-state index is -0.356. The summed E-state index contributed by atoms with van der Waals surface area (Å²) in [6.07, 6.45) is 4.53. The number of phenolic OH excluding ortho intramolecular Hbond substituents is 1. The lowest BCUT2D eigenvalue weighted by molar-refractivity contribution is 0.0636. The molecule has 3 fully saturated rings. The number of fused-ring (bicyclic) bond motifs is 2. The molecule has 2 atom stereocenters. The Morgan fingerprint density at radius 1 is 1.20 bits per heavy atom. The molecule has 8 heteroatoms. The van der Waals surface area contributed by atoms with E-state index in [-0.39, 0.29) is 28.3 Å². The average molecular weight is 379 g/mol. The normalized spacial score (nSPS) is 24.6. The Morgan fingerprint density at radius 2 is 1.88 bits per heavy atom. The van der Waals surface area contributed by atoms with E-state index in [2.05, 4.69) is 20.2 Å². The van der Waals surface area contributed by atoms with E-state index in [9.17, 15) is 9.90 Å². The van der Waals surface area contributed by atoms with Gasteiger partial charge in [-0.1, -0.05) is 23.2 Å². The summed E-state index contributed by atoms with van der Waals surface area (Å²) in [7, 11) is 0. The Kier molecular flexibility index (Phi) is 4.17. The molecule has 25 heavy (non-hydrogen) atoms. The highest BCUT2D eigenvalue weighted by Crippen LogP contribution is 2.41. The van der Waals surface area contributed by atoms with Gasteiger partial charge in [-0.2, -0.15) is 0 Å². The molecule has 1 aromatic carbocycles. The molecule has 1 amide bonds. The number of carbonyl (C=O) groups is 1. The van der Waals surface area contributed by atoms with Crippen molar-refractivity contribution >= 4 is 35.1 Å². The molecule has 2 unspecified atom stereocenters. The molecule has 2 N–H and O–H groups in total. The molecule has 3 aliphatic rings. The van der Waals surface area contributed by atoms with Crippen molar-refractivity contribution in [1.82, 2.24) is 15.3 Å². The Bertz CT molecular complexity index is 806. The number of amides is 1. The third-order valence-corrected chi connectivity index (χ3v) is 5.44. The van der Waals surface area contributed by atoms with Gasteiger partial charge < -0.3 is 15.3 Å². The molecule has 2 aromatic rings. The quantitative estimate of drug-likeness (QED) is 0.858. The van der Waals surface area contributed by atoms with Crippen LogP contribution in [-0.4, -0.2) is 40.1 Å². The van der Waals surface area contributed by atoms with Gasteiger partial charge in [0.2, 0.25) is 5.95 Å². The highest BCUT2D eigenvalue weighted by molar-refractivity contribution is 6.36. The predicted molar refractivity (Wildman–Crippen MR) is 95.2 cm³/mol. The van der Waals surface area contributed by atoms with E-state index in [0.717, 1.165) is 25.5 Å². The summed E-state index contributed by atoms with van der Waals surface area (Å²) in [5.41, 5.74) is 0.103. The second-order valence-electron chi connectivity index (χ2n) is 6.49. The van der Waals surface area contributed by atoms with E-state index in [0.29, 0.717) is 16.9 Å². The fourth-order valence-electron chi connectivity index (χ4n) is 3.71. The third kappa shape index (κ3) is 3.00. The van der Waals surface area contributed by atoms with Gasteiger partial charge in [-0.3, -0.25) is 4.79 Å². The van der Waals surface area contributed by atoms with E-state index in [1.165, 1.54) is 12.1 Å². The number of aromatic hydroxyl groups is 1. The average Bonchev–Trinajstić information content (AvgIpc) is 2.63. The summed E-state index contributed by atoms with van der Waals surface area (Å²) in [6.45, 7) is 1.60. The molecule has 3 heterocycles. The number of benzene rings is 1. The van der Waals surface area contributed by atoms with Crippen molar-refractivity contribution in [2.75, 3.05) is 18.0 Å². The van der Waals surface area contributed by atoms with Crippen LogP contribution in [-0.2, 0) is 0 Å². The number of carbonyl (C=O) groups excluding carboxylic acids is 1. The van der Waals surface area contributed by atoms with Gasteiger partial charge in [-0.25, -0.2) is 9.97 Å². The van der Waals surface area contributed by atoms with E-state index in [4.69, 9.17) is 23.2 Å². The summed E-state index contributed by atoms with van der Waals surface area (Å²) in [5.74, 6) is 0.797. The largest absolute Gasteiger partial charge is 0.506 e. The molecule has 0 radical (unpaired) electrons. The zero-order valence-electron chi connectivity index (χ0n) is 13.2. The second kappa shape index (κ2) is 6.35. The maximum atomic E-state index is 12.5. The van der Waals surface area contributed by atoms with Crippen LogP contribution in [0.5, 0.6) is 5.75 Å². The smallest absolute Gasteiger partial charge is 0.255 e. The Hall–Kier alpha value is -2.05. The van der Waals surface area contributed by atoms with Crippen molar-refractivity contribution in [1.29, 1.82) is 0 Å². The first-order valence-corrected chi connectivity index (χ1v) is 8.79. The van der Waals surface area contributed by atoms with E-state index >= 15 is 0 Å². The SMILES string of the molecule is O=C(NC1C2CC1CN(c1ncccn1)C2)c1cc(Cl)cc(Cl)c1O. The van der Waals surface area contributed by atoms with Crippen LogP contribution in [0, 0.1) is 11.8 Å². The minimum Gasteiger partial charge on any atom is -0.506 e. The minimum absolute atomic E-state index is 0.0684. The molecule has 1 aliphatic carbocycles. The number of phenols is 1. The zero-order chi connectivity index (χ0) is 17.6. The van der Waals surface area contributed by atoms with Crippen molar-refractivity contribution in [3.63, 3.8) is 0 Å². The second-order valence-corrected chi connectivity index (χ2v) is 7.34. The highest BCUT2D eigenvalue weighted by Gasteiger charge is 2.48. The molecule has 6 nitrogen and oxygen atoms in total. The number of halogens is 2. The molecule has 1 saturated carbocycles. The number of anilines is 1. The van der Waals surface area contributed by atoms with Crippen LogP contribution in [0.3, 0.4) is 0 Å². The van der Waals surface area contributed by atoms with Crippen molar-refractivity contribution in [3.05, 3.63) is 46.2 Å². The first-order chi connectivity index (χ1) is 12.0. The monoisotopic (exact) mass is 378 g/mol. The Balaban J connectivity index is 1.45. The molecule has 1 aromatic heterocycles. The predicted octanol–water partition coefficient (Wildman–Crippen LogP) is 2.74. The van der Waals surface area contributed by atoms with Crippen molar-refractivity contribution in [2.24, 2.45) is 11.8 Å². The van der Waals surface area contributed by atoms with Crippen LogP contribution < -0.4 is 10.2 Å². The fraction of sp³-hybridized carbons (Fsp3) is 0.353. The molecule has 2 saturated heterocycles. The summed E-state index contributed by atoms with van der Waals surface area (Å²) < 4.78 is 0. The first-order valence-electron chi connectivity index (χ1n) is 8.04. The third-order valence-electron chi connectivity index (χ3n) is 4.94. The number of aromatic nitrogens is 2. The Labute approximate surface area is 154 Å². The van der Waals surface area contributed by atoms with Crippen LogP contribution in [0.2, 0.25) is 10.0 Å². The number of piperidine rings is 2. The topological polar surface area (TPSA) is 78.4 Å². The van der Waals surface area contributed by atoms with E-state index in [1.807, 2.05) is 0 Å². The van der Waals surface area contributed by atoms with Gasteiger partial charge in [-0.05, 0) is 36.5 Å². The molecule has 2 bridgehead atoms. The molecule has 0 spiro atoms. The van der Waals surface area contributed by atoms with E-state index in [1.54, 1.807) is 18.5 Å². The molecular weight excluding hydrogens is 363 g/mol. The fourth-order valence-corrected chi connectivity index (χ4v) is 4.20. The summed E-state index contributed by atoms with van der Waals surface area (Å²) in [4.78, 5) is 23.3. The van der Waals surface area contributed by atoms with Crippen molar-refractivity contribution in [2.45, 2.75) is 12.5 Å². The number of rotatable bonds is 3. The van der Waals surface area contributed by atoms with Gasteiger partial charge in [0.05, 0.1) is 10.6 Å². The summed E-state index contributed by atoms with van der Waals surface area (Å²) >= 11 is 11.8. The van der Waals surface area contributed by atoms with Gasteiger partial charge >= 0.3 is 0 Å². The maximum Gasteiger partial charge on any atom is 0.255 e. The van der Waals surface area contributed by atoms with Crippen LogP contribution in [0.25, 0.3) is 0 Å². The van der Waals surface area contributed by atoms with E-state index < -0.39 is 0 Å². The van der Waals surface area contributed by atoms with Crippen LogP contribution in [0.15, 0.2) is 30.6 Å². The van der Waals surface area contributed by atoms with Gasteiger partial charge in [-0.15, -0.1) is 0 Å². The number of hydrogen-bond donors (Lipinski definition) is 2. The van der Waals surface area contributed by atoms with Crippen LogP contribution in [0.1, 0.15) is 16.8 Å². The molecule has 2 aliphatic heterocycles. The maximum absolute atomic E-state index is 12.5. The Morgan fingerprint density at radius 3 is 2.56 bits per heavy atom. The summed E-state index contributed by atoms with van der Waals surface area (Å²) in [5, 5.41) is 13.4. The van der Waals surface area contributed by atoms with Gasteiger partial charge in [0.1, 0.15) is 5.75 Å². The van der Waals surface area contributed by atoms with Gasteiger partial charge in [0, 0.05) is 36.5 Å². The van der Waals surface area contributed by atoms with Crippen LogP contribution >= 0.6 is 23.2 Å². The van der Waals surface area contributed by atoms with Gasteiger partial charge in [0.15, 0.2) is 0 Å². The zero-order valence-corrected chi connectivity index (χ0v) is 14.7. The molecular formula is C17H16Cl2N4O2. The summed E-state index contributed by atoms with van der Waals surface area (Å²) in [6, 6.07) is 4.70. The van der Waals surface area contributed by atoms with Crippen LogP contribution in [0.4, 0.5) is 5.95 Å². The number of nitrogens with one attached hydrogen (secondary N) is 1. The molecule has 130 valence electrons. The highest BCUT2D eigenvalue weighted by atomic mass is 35.5. The number of nitrogens with zero attached hydrogens (tertiary/aromatic N) is 3. The molecule has 5 rings (SSSR count). The van der Waals surface area contributed by atoms with Gasteiger partial charge in [0.25, 0.3) is 5.91 Å². The first kappa shape index (κ1) is 16.4.